The van der Waals surface area contributed by atoms with Gasteiger partial charge in [-0.1, -0.05) is 18.2 Å². The Labute approximate surface area is 171 Å². The van der Waals surface area contributed by atoms with E-state index in [1.165, 1.54) is 12.8 Å². The number of nitrogens with one attached hydrogen (secondary N) is 1. The fourth-order valence-electron chi connectivity index (χ4n) is 3.90. The molecule has 1 unspecified atom stereocenters. The lowest BCUT2D eigenvalue weighted by molar-refractivity contribution is -0.125. The summed E-state index contributed by atoms with van der Waals surface area (Å²) in [7, 11) is 1.93. The molecule has 1 aliphatic rings. The van der Waals surface area contributed by atoms with Crippen molar-refractivity contribution in [1.82, 2.24) is 25.0 Å². The summed E-state index contributed by atoms with van der Waals surface area (Å²) < 4.78 is 1.83. The van der Waals surface area contributed by atoms with Crippen molar-refractivity contribution in [3.05, 3.63) is 60.6 Å². The third-order valence-electron chi connectivity index (χ3n) is 5.56. The molecule has 1 aromatic carbocycles. The van der Waals surface area contributed by atoms with Crippen LogP contribution in [0.5, 0.6) is 0 Å². The van der Waals surface area contributed by atoms with Crippen LogP contribution in [0.4, 0.5) is 0 Å². The molecular weight excluding hydrogens is 362 g/mol. The lowest BCUT2D eigenvalue weighted by Gasteiger charge is -2.22. The summed E-state index contributed by atoms with van der Waals surface area (Å²) in [5.41, 5.74) is 5.19. The molecular formula is C23H27N5O. The van der Waals surface area contributed by atoms with E-state index in [1.54, 1.807) is 12.4 Å². The van der Waals surface area contributed by atoms with Crippen LogP contribution in [-0.4, -0.2) is 44.7 Å². The van der Waals surface area contributed by atoms with Crippen molar-refractivity contribution >= 4 is 5.91 Å². The first kappa shape index (κ1) is 19.3. The molecule has 4 rings (SSSR count). The number of pyridine rings is 1. The molecule has 150 valence electrons. The molecule has 1 N–H and O–H groups in total. The zero-order valence-corrected chi connectivity index (χ0v) is 17.0. The van der Waals surface area contributed by atoms with Gasteiger partial charge in [0.05, 0.1) is 6.04 Å². The Bertz CT molecular complexity index is 976. The molecule has 0 aliphatic carbocycles. The number of hydrogen-bond acceptors (Lipinski definition) is 4. The largest absolute Gasteiger partial charge is 0.351 e. The summed E-state index contributed by atoms with van der Waals surface area (Å²) in [6.45, 7) is 4.54. The second-order valence-corrected chi connectivity index (χ2v) is 7.64. The van der Waals surface area contributed by atoms with Crippen molar-refractivity contribution in [1.29, 1.82) is 0 Å². The van der Waals surface area contributed by atoms with Crippen LogP contribution in [0, 0.1) is 0 Å². The molecule has 2 aromatic heterocycles. The molecule has 1 amide bonds. The van der Waals surface area contributed by atoms with Crippen molar-refractivity contribution in [2.24, 2.45) is 7.05 Å². The van der Waals surface area contributed by atoms with Gasteiger partial charge in [-0.15, -0.1) is 0 Å². The average molecular weight is 390 g/mol. The fourth-order valence-corrected chi connectivity index (χ4v) is 3.90. The number of carbonyl (C=O) groups excluding carboxylic acids is 1. The molecule has 3 heterocycles. The van der Waals surface area contributed by atoms with Gasteiger partial charge in [0.15, 0.2) is 0 Å². The van der Waals surface area contributed by atoms with Crippen molar-refractivity contribution < 1.29 is 4.79 Å². The summed E-state index contributed by atoms with van der Waals surface area (Å²) >= 11 is 0. The predicted molar refractivity (Wildman–Crippen MR) is 114 cm³/mol. The summed E-state index contributed by atoms with van der Waals surface area (Å²) in [6, 6.07) is 12.1. The van der Waals surface area contributed by atoms with Crippen LogP contribution in [0.25, 0.3) is 22.4 Å². The minimum Gasteiger partial charge on any atom is -0.351 e. The van der Waals surface area contributed by atoms with Crippen molar-refractivity contribution in [3.63, 3.8) is 0 Å². The van der Waals surface area contributed by atoms with Gasteiger partial charge in [0.25, 0.3) is 0 Å². The summed E-state index contributed by atoms with van der Waals surface area (Å²) in [5, 5.41) is 7.77. The zero-order chi connectivity index (χ0) is 20.2. The third-order valence-corrected chi connectivity index (χ3v) is 5.56. The molecule has 0 radical (unpaired) electrons. The number of amides is 1. The molecule has 0 bridgehead atoms. The monoisotopic (exact) mass is 389 g/mol. The van der Waals surface area contributed by atoms with Gasteiger partial charge in [-0.05, 0) is 62.2 Å². The third kappa shape index (κ3) is 4.38. The second kappa shape index (κ2) is 8.57. The van der Waals surface area contributed by atoms with Crippen LogP contribution in [0.2, 0.25) is 0 Å². The van der Waals surface area contributed by atoms with Gasteiger partial charge >= 0.3 is 0 Å². The normalized spacial score (nSPS) is 15.4. The molecule has 6 nitrogen and oxygen atoms in total. The first-order valence-corrected chi connectivity index (χ1v) is 10.2. The van der Waals surface area contributed by atoms with E-state index in [4.69, 9.17) is 0 Å². The Hall–Kier alpha value is -2.99. The summed E-state index contributed by atoms with van der Waals surface area (Å²) in [5.74, 6) is 0.0904. The quantitative estimate of drug-likeness (QED) is 0.703. The van der Waals surface area contributed by atoms with E-state index >= 15 is 0 Å². The minimum absolute atomic E-state index is 0.0743. The number of hydrogen-bond donors (Lipinski definition) is 1. The maximum absolute atomic E-state index is 12.5. The molecule has 1 fully saturated rings. The number of carbonyl (C=O) groups is 1. The van der Waals surface area contributed by atoms with Gasteiger partial charge in [-0.3, -0.25) is 19.4 Å². The van der Waals surface area contributed by atoms with Gasteiger partial charge < -0.3 is 5.32 Å². The van der Waals surface area contributed by atoms with Crippen molar-refractivity contribution in [3.8, 4) is 22.4 Å². The van der Waals surface area contributed by atoms with E-state index in [0.29, 0.717) is 6.54 Å². The van der Waals surface area contributed by atoms with Crippen molar-refractivity contribution in [2.45, 2.75) is 32.4 Å². The topological polar surface area (TPSA) is 63.1 Å². The number of nitrogens with zero attached hydrogens (tertiary/aromatic N) is 4. The van der Waals surface area contributed by atoms with E-state index in [9.17, 15) is 4.79 Å². The molecule has 6 heteroatoms. The van der Waals surface area contributed by atoms with Crippen molar-refractivity contribution in [2.75, 3.05) is 13.1 Å². The Morgan fingerprint density at radius 1 is 1.14 bits per heavy atom. The zero-order valence-electron chi connectivity index (χ0n) is 17.0. The first-order valence-electron chi connectivity index (χ1n) is 10.2. The van der Waals surface area contributed by atoms with Crippen LogP contribution in [0.3, 0.4) is 0 Å². The van der Waals surface area contributed by atoms with Gasteiger partial charge in [-0.2, -0.15) is 5.10 Å². The molecule has 29 heavy (non-hydrogen) atoms. The van der Waals surface area contributed by atoms with Crippen LogP contribution in [-0.2, 0) is 18.4 Å². The van der Waals surface area contributed by atoms with Gasteiger partial charge in [0.1, 0.15) is 5.69 Å². The Balaban J connectivity index is 1.50. The SMILES string of the molecule is CC(C(=O)NCc1cccc(-c2nn(C)cc2-c2ccncc2)c1)N1CCCC1. The predicted octanol–water partition coefficient (Wildman–Crippen LogP) is 3.25. The average Bonchev–Trinajstić information content (AvgIpc) is 3.42. The number of aromatic nitrogens is 3. The Morgan fingerprint density at radius 3 is 2.66 bits per heavy atom. The Kier molecular flexibility index (Phi) is 5.71. The summed E-state index contributed by atoms with van der Waals surface area (Å²) in [6.07, 6.45) is 7.98. The van der Waals surface area contributed by atoms with Crippen LogP contribution in [0.1, 0.15) is 25.3 Å². The number of benzene rings is 1. The molecule has 0 saturated carbocycles. The molecule has 1 saturated heterocycles. The van der Waals surface area contributed by atoms with Crippen LogP contribution >= 0.6 is 0 Å². The first-order chi connectivity index (χ1) is 14.1. The maximum atomic E-state index is 12.5. The maximum Gasteiger partial charge on any atom is 0.237 e. The van der Waals surface area contributed by atoms with Crippen LogP contribution in [0.15, 0.2) is 55.0 Å². The number of aryl methyl sites for hydroxylation is 1. The standard InChI is InChI=1S/C23H27N5O/c1-17(28-12-3-4-13-28)23(29)25-15-18-6-5-7-20(14-18)22-21(16-27(2)26-22)19-8-10-24-11-9-19/h5-11,14,16-17H,3-4,12-13,15H2,1-2H3,(H,25,29). The van der Waals surface area contributed by atoms with Crippen LogP contribution < -0.4 is 5.32 Å². The lowest BCUT2D eigenvalue weighted by atomic mass is 10.0. The summed E-state index contributed by atoms with van der Waals surface area (Å²) in [4.78, 5) is 18.9. The smallest absolute Gasteiger partial charge is 0.237 e. The van der Waals surface area contributed by atoms with E-state index in [1.807, 2.05) is 49.1 Å². The minimum atomic E-state index is -0.0743. The highest BCUT2D eigenvalue weighted by Gasteiger charge is 2.23. The Morgan fingerprint density at radius 2 is 1.90 bits per heavy atom. The molecule has 1 aliphatic heterocycles. The van der Waals surface area contributed by atoms with E-state index < -0.39 is 0 Å². The van der Waals surface area contributed by atoms with Gasteiger partial charge in [0, 0.05) is 43.3 Å². The molecule has 3 aromatic rings. The van der Waals surface area contributed by atoms with Gasteiger partial charge in [0.2, 0.25) is 5.91 Å². The second-order valence-electron chi connectivity index (χ2n) is 7.64. The fraction of sp³-hybridized carbons (Fsp3) is 0.348. The highest BCUT2D eigenvalue weighted by atomic mass is 16.2. The number of likely N-dealkylation sites (tertiary alicyclic amines) is 1. The highest BCUT2D eigenvalue weighted by Crippen LogP contribution is 2.30. The number of rotatable bonds is 6. The molecule has 1 atom stereocenters. The van der Waals surface area contributed by atoms with E-state index in [0.717, 1.165) is 41.0 Å². The molecule has 0 spiro atoms. The lowest BCUT2D eigenvalue weighted by Crippen LogP contribution is -2.43. The van der Waals surface area contributed by atoms with E-state index in [-0.39, 0.29) is 11.9 Å². The van der Waals surface area contributed by atoms with Gasteiger partial charge in [-0.25, -0.2) is 0 Å². The highest BCUT2D eigenvalue weighted by molar-refractivity contribution is 5.82. The van der Waals surface area contributed by atoms with E-state index in [2.05, 4.69) is 32.4 Å².